The van der Waals surface area contributed by atoms with E-state index in [0.29, 0.717) is 22.0 Å². The Bertz CT molecular complexity index is 638. The summed E-state index contributed by atoms with van der Waals surface area (Å²) in [6, 6.07) is 10.6. The summed E-state index contributed by atoms with van der Waals surface area (Å²) < 4.78 is 6.08. The highest BCUT2D eigenvalue weighted by molar-refractivity contribution is 9.10. The molecule has 0 aliphatic heterocycles. The van der Waals surface area contributed by atoms with Gasteiger partial charge in [-0.3, -0.25) is 4.79 Å². The zero-order valence-corrected chi connectivity index (χ0v) is 13.4. The third-order valence-electron chi connectivity index (χ3n) is 2.71. The highest BCUT2D eigenvalue weighted by Gasteiger charge is 2.11. The van der Waals surface area contributed by atoms with Crippen molar-refractivity contribution in [2.45, 2.75) is 6.92 Å². The summed E-state index contributed by atoms with van der Waals surface area (Å²) in [5, 5.41) is 3.36. The van der Waals surface area contributed by atoms with Crippen molar-refractivity contribution < 1.29 is 9.53 Å². The Labute approximate surface area is 131 Å². The van der Waals surface area contributed by atoms with Gasteiger partial charge in [0.05, 0.1) is 12.8 Å². The molecule has 1 amide bonds. The predicted octanol–water partition coefficient (Wildman–Crippen LogP) is 4.67. The van der Waals surface area contributed by atoms with E-state index in [4.69, 9.17) is 16.3 Å². The van der Waals surface area contributed by atoms with Crippen LogP contribution in [-0.4, -0.2) is 13.0 Å². The third kappa shape index (κ3) is 3.52. The number of hydrogen-bond donors (Lipinski definition) is 1. The number of ether oxygens (including phenoxy) is 1. The Balaban J connectivity index is 2.29. The monoisotopic (exact) mass is 353 g/mol. The smallest absolute Gasteiger partial charge is 0.255 e. The van der Waals surface area contributed by atoms with Crippen molar-refractivity contribution in [1.82, 2.24) is 0 Å². The molecule has 0 saturated heterocycles. The molecular formula is C15H13BrClNO2. The molecule has 0 spiro atoms. The van der Waals surface area contributed by atoms with Crippen LogP contribution in [0.1, 0.15) is 15.9 Å². The summed E-state index contributed by atoms with van der Waals surface area (Å²) in [5.41, 5.74) is 2.05. The second kappa shape index (κ2) is 6.29. The lowest BCUT2D eigenvalue weighted by Crippen LogP contribution is -2.13. The minimum absolute atomic E-state index is 0.230. The largest absolute Gasteiger partial charge is 0.495 e. The average Bonchev–Trinajstić information content (AvgIpc) is 2.37. The van der Waals surface area contributed by atoms with Gasteiger partial charge in [0.25, 0.3) is 5.91 Å². The summed E-state index contributed by atoms with van der Waals surface area (Å²) in [4.78, 5) is 12.3. The maximum atomic E-state index is 12.3. The van der Waals surface area contributed by atoms with Crippen LogP contribution in [-0.2, 0) is 0 Å². The van der Waals surface area contributed by atoms with E-state index in [2.05, 4.69) is 21.2 Å². The van der Waals surface area contributed by atoms with Gasteiger partial charge in [-0.2, -0.15) is 0 Å². The summed E-state index contributed by atoms with van der Waals surface area (Å²) in [7, 11) is 1.56. The summed E-state index contributed by atoms with van der Waals surface area (Å²) >= 11 is 9.34. The lowest BCUT2D eigenvalue weighted by Gasteiger charge is -2.11. The molecule has 0 radical (unpaired) electrons. The number of nitrogens with one attached hydrogen (secondary N) is 1. The number of halogens is 2. The van der Waals surface area contributed by atoms with Crippen molar-refractivity contribution in [1.29, 1.82) is 0 Å². The molecule has 0 heterocycles. The van der Waals surface area contributed by atoms with Gasteiger partial charge in [0.15, 0.2) is 0 Å². The van der Waals surface area contributed by atoms with Crippen molar-refractivity contribution in [3.8, 4) is 5.75 Å². The van der Waals surface area contributed by atoms with Crippen molar-refractivity contribution >= 4 is 39.1 Å². The van der Waals surface area contributed by atoms with Crippen LogP contribution in [0.3, 0.4) is 0 Å². The Hall–Kier alpha value is -1.52. The van der Waals surface area contributed by atoms with Crippen molar-refractivity contribution in [2.24, 2.45) is 0 Å². The van der Waals surface area contributed by atoms with Gasteiger partial charge in [-0.25, -0.2) is 0 Å². The van der Waals surface area contributed by atoms with E-state index in [1.54, 1.807) is 37.4 Å². The first kappa shape index (κ1) is 14.9. The number of rotatable bonds is 3. The van der Waals surface area contributed by atoms with Crippen LogP contribution in [0.2, 0.25) is 5.02 Å². The molecule has 104 valence electrons. The molecule has 0 unspecified atom stereocenters. The van der Waals surface area contributed by atoms with E-state index in [1.807, 2.05) is 13.0 Å². The molecule has 0 aromatic heterocycles. The third-order valence-corrected chi connectivity index (χ3v) is 3.43. The predicted molar refractivity (Wildman–Crippen MR) is 84.8 cm³/mol. The molecule has 5 heteroatoms. The highest BCUT2D eigenvalue weighted by atomic mass is 79.9. The molecule has 0 aliphatic carbocycles. The molecule has 0 bridgehead atoms. The van der Waals surface area contributed by atoms with Crippen LogP contribution >= 0.6 is 27.5 Å². The molecule has 2 rings (SSSR count). The maximum Gasteiger partial charge on any atom is 0.255 e. The van der Waals surface area contributed by atoms with Gasteiger partial charge in [0.2, 0.25) is 0 Å². The second-order valence-corrected chi connectivity index (χ2v) is 5.67. The van der Waals surface area contributed by atoms with Crippen LogP contribution in [0.5, 0.6) is 5.75 Å². The van der Waals surface area contributed by atoms with Crippen LogP contribution in [0.15, 0.2) is 40.9 Å². The average molecular weight is 355 g/mol. The minimum atomic E-state index is -0.230. The van der Waals surface area contributed by atoms with Gasteiger partial charge in [-0.1, -0.05) is 27.5 Å². The summed E-state index contributed by atoms with van der Waals surface area (Å²) in [6.07, 6.45) is 0. The molecular weight excluding hydrogens is 342 g/mol. The first-order valence-electron chi connectivity index (χ1n) is 5.91. The molecule has 3 nitrogen and oxygen atoms in total. The SMILES string of the molecule is COc1ccc(Br)cc1NC(=O)c1cc(C)cc(Cl)c1. The van der Waals surface area contributed by atoms with E-state index < -0.39 is 0 Å². The van der Waals surface area contributed by atoms with Crippen molar-refractivity contribution in [3.63, 3.8) is 0 Å². The fraction of sp³-hybridized carbons (Fsp3) is 0.133. The Kier molecular flexibility index (Phi) is 4.68. The second-order valence-electron chi connectivity index (χ2n) is 4.32. The number of carbonyl (C=O) groups excluding carboxylic acids is 1. The van der Waals surface area contributed by atoms with Crippen LogP contribution in [0, 0.1) is 6.92 Å². The molecule has 2 aromatic rings. The number of carbonyl (C=O) groups is 1. The number of hydrogen-bond acceptors (Lipinski definition) is 2. The topological polar surface area (TPSA) is 38.3 Å². The Morgan fingerprint density at radius 1 is 1.25 bits per heavy atom. The standard InChI is InChI=1S/C15H13BrClNO2/c1-9-5-10(7-12(17)6-9)15(19)18-13-8-11(16)3-4-14(13)20-2/h3-8H,1-2H3,(H,18,19). The molecule has 2 aromatic carbocycles. The van der Waals surface area contributed by atoms with E-state index in [0.717, 1.165) is 10.0 Å². The van der Waals surface area contributed by atoms with Gasteiger partial charge < -0.3 is 10.1 Å². The Morgan fingerprint density at radius 3 is 2.65 bits per heavy atom. The lowest BCUT2D eigenvalue weighted by atomic mass is 10.1. The molecule has 1 N–H and O–H groups in total. The normalized spacial score (nSPS) is 10.2. The van der Waals surface area contributed by atoms with Crippen LogP contribution in [0.25, 0.3) is 0 Å². The molecule has 0 atom stereocenters. The van der Waals surface area contributed by atoms with Gasteiger partial charge >= 0.3 is 0 Å². The van der Waals surface area contributed by atoms with E-state index in [9.17, 15) is 4.79 Å². The number of anilines is 1. The first-order valence-corrected chi connectivity index (χ1v) is 7.09. The number of benzene rings is 2. The fourth-order valence-electron chi connectivity index (χ4n) is 1.84. The number of amides is 1. The fourth-order valence-corrected chi connectivity index (χ4v) is 2.49. The van der Waals surface area contributed by atoms with Crippen LogP contribution in [0.4, 0.5) is 5.69 Å². The summed E-state index contributed by atoms with van der Waals surface area (Å²) in [6.45, 7) is 1.89. The van der Waals surface area contributed by atoms with E-state index in [1.165, 1.54) is 0 Å². The van der Waals surface area contributed by atoms with Gasteiger partial charge in [-0.05, 0) is 48.9 Å². The van der Waals surface area contributed by atoms with Crippen LogP contribution < -0.4 is 10.1 Å². The lowest BCUT2D eigenvalue weighted by molar-refractivity contribution is 0.102. The quantitative estimate of drug-likeness (QED) is 0.869. The molecule has 0 aliphatic rings. The highest BCUT2D eigenvalue weighted by Crippen LogP contribution is 2.28. The number of methoxy groups -OCH3 is 1. The Morgan fingerprint density at radius 2 is 2.00 bits per heavy atom. The van der Waals surface area contributed by atoms with E-state index >= 15 is 0 Å². The zero-order chi connectivity index (χ0) is 14.7. The van der Waals surface area contributed by atoms with E-state index in [-0.39, 0.29) is 5.91 Å². The van der Waals surface area contributed by atoms with Crippen molar-refractivity contribution in [3.05, 3.63) is 57.0 Å². The van der Waals surface area contributed by atoms with Crippen molar-refractivity contribution in [2.75, 3.05) is 12.4 Å². The van der Waals surface area contributed by atoms with Gasteiger partial charge in [0.1, 0.15) is 5.75 Å². The molecule has 0 saturated carbocycles. The summed E-state index contributed by atoms with van der Waals surface area (Å²) in [5.74, 6) is 0.368. The zero-order valence-electron chi connectivity index (χ0n) is 11.0. The molecule has 0 fully saturated rings. The minimum Gasteiger partial charge on any atom is -0.495 e. The number of aryl methyl sites for hydroxylation is 1. The van der Waals surface area contributed by atoms with Gasteiger partial charge in [0, 0.05) is 15.1 Å². The van der Waals surface area contributed by atoms with Gasteiger partial charge in [-0.15, -0.1) is 0 Å². The maximum absolute atomic E-state index is 12.3. The molecule has 20 heavy (non-hydrogen) atoms. The first-order chi connectivity index (χ1) is 9.49.